The Hall–Kier alpha value is -2.84. The van der Waals surface area contributed by atoms with Crippen molar-refractivity contribution in [1.82, 2.24) is 14.9 Å². The van der Waals surface area contributed by atoms with Gasteiger partial charge < -0.3 is 9.32 Å². The minimum Gasteiger partial charge on any atom is -0.448 e. The number of hydrogen-bond donors (Lipinski definition) is 0. The Kier molecular flexibility index (Phi) is 6.61. The molecule has 0 aliphatic carbocycles. The molecule has 0 spiro atoms. The first kappa shape index (κ1) is 22.9. The Morgan fingerprint density at radius 1 is 1.18 bits per heavy atom. The van der Waals surface area contributed by atoms with E-state index in [2.05, 4.69) is 20.9 Å². The number of hydrogen-bond acceptors (Lipinski definition) is 5. The molecule has 5 rings (SSSR count). The van der Waals surface area contributed by atoms with Crippen LogP contribution in [0.4, 0.5) is 4.39 Å². The van der Waals surface area contributed by atoms with Crippen molar-refractivity contribution in [2.45, 2.75) is 38.6 Å². The number of carbonyl (C=O) groups is 1. The summed E-state index contributed by atoms with van der Waals surface area (Å²) in [6, 6.07) is 14.1. The van der Waals surface area contributed by atoms with Crippen molar-refractivity contribution >= 4 is 33.2 Å². The predicted molar refractivity (Wildman–Crippen MR) is 134 cm³/mol. The Balaban J connectivity index is 1.39. The molecule has 1 aliphatic heterocycles. The molecule has 3 heterocycles. The lowest BCUT2D eigenvalue weighted by atomic mass is 9.98. The van der Waals surface area contributed by atoms with Gasteiger partial charge in [-0.05, 0) is 49.9 Å². The van der Waals surface area contributed by atoms with E-state index in [-0.39, 0.29) is 17.8 Å². The summed E-state index contributed by atoms with van der Waals surface area (Å²) in [6.07, 6.45) is 5.09. The smallest absolute Gasteiger partial charge is 0.274 e. The second kappa shape index (κ2) is 9.80. The highest BCUT2D eigenvalue weighted by Gasteiger charge is 2.32. The maximum absolute atomic E-state index is 13.7. The standard InChI is InChI=1S/C26H23BrFN3O2S/c1-16-29-24(25(34-16)17-9-11-18(28)12-10-17)26(32)31-13-5-4-6-19(31)14-23-30-22(15-33-23)20-7-2-3-8-21(20)27/h2-3,7-12,15,19H,4-6,13-14H2,1H3. The van der Waals surface area contributed by atoms with Crippen LogP contribution in [0.2, 0.25) is 0 Å². The van der Waals surface area contributed by atoms with Crippen LogP contribution in [0.3, 0.4) is 0 Å². The lowest BCUT2D eigenvalue weighted by Gasteiger charge is -2.35. The zero-order valence-electron chi connectivity index (χ0n) is 18.6. The number of oxazole rings is 1. The van der Waals surface area contributed by atoms with E-state index in [9.17, 15) is 9.18 Å². The van der Waals surface area contributed by atoms with Crippen LogP contribution in [0.15, 0.2) is 63.7 Å². The number of piperidine rings is 1. The molecule has 4 aromatic rings. The average molecular weight is 540 g/mol. The van der Waals surface area contributed by atoms with Crippen LogP contribution in [0.1, 0.15) is 40.6 Å². The first-order valence-corrected chi connectivity index (χ1v) is 12.8. The van der Waals surface area contributed by atoms with Gasteiger partial charge in [0.25, 0.3) is 5.91 Å². The molecular formula is C26H23BrFN3O2S. The van der Waals surface area contributed by atoms with Crippen LogP contribution < -0.4 is 0 Å². The van der Waals surface area contributed by atoms with E-state index < -0.39 is 0 Å². The van der Waals surface area contributed by atoms with Gasteiger partial charge in [-0.25, -0.2) is 14.4 Å². The zero-order chi connectivity index (χ0) is 23.7. The number of amides is 1. The molecule has 5 nitrogen and oxygen atoms in total. The molecule has 0 saturated carbocycles. The van der Waals surface area contributed by atoms with Crippen molar-refractivity contribution in [3.63, 3.8) is 0 Å². The molecule has 0 bridgehead atoms. The molecule has 0 radical (unpaired) electrons. The van der Waals surface area contributed by atoms with Gasteiger partial charge in [0.05, 0.1) is 9.88 Å². The Labute approximate surface area is 209 Å². The SMILES string of the molecule is Cc1nc(C(=O)N2CCCCC2Cc2nc(-c3ccccc3Br)co2)c(-c2ccc(F)cc2)s1. The van der Waals surface area contributed by atoms with Crippen LogP contribution in [0.25, 0.3) is 21.7 Å². The third kappa shape index (κ3) is 4.70. The molecular weight excluding hydrogens is 517 g/mol. The summed E-state index contributed by atoms with van der Waals surface area (Å²) < 4.78 is 20.2. The summed E-state index contributed by atoms with van der Waals surface area (Å²) in [4.78, 5) is 25.6. The summed E-state index contributed by atoms with van der Waals surface area (Å²) in [5.41, 5.74) is 2.97. The maximum atomic E-state index is 13.7. The van der Waals surface area contributed by atoms with Gasteiger partial charge in [0.1, 0.15) is 23.5 Å². The molecule has 1 unspecified atom stereocenters. The van der Waals surface area contributed by atoms with Gasteiger partial charge in [-0.1, -0.05) is 46.3 Å². The summed E-state index contributed by atoms with van der Waals surface area (Å²) in [6.45, 7) is 2.55. The van der Waals surface area contributed by atoms with Crippen LogP contribution in [-0.4, -0.2) is 33.4 Å². The molecule has 1 saturated heterocycles. The lowest BCUT2D eigenvalue weighted by molar-refractivity contribution is 0.0601. The van der Waals surface area contributed by atoms with E-state index >= 15 is 0 Å². The number of rotatable bonds is 5. The number of benzene rings is 2. The fourth-order valence-corrected chi connectivity index (χ4v) is 5.79. The molecule has 0 N–H and O–H groups in total. The van der Waals surface area contributed by atoms with E-state index in [1.165, 1.54) is 23.5 Å². The molecule has 1 fully saturated rings. The van der Waals surface area contributed by atoms with Crippen molar-refractivity contribution < 1.29 is 13.6 Å². The van der Waals surface area contributed by atoms with E-state index in [0.717, 1.165) is 50.4 Å². The van der Waals surface area contributed by atoms with E-state index in [0.29, 0.717) is 24.6 Å². The lowest BCUT2D eigenvalue weighted by Crippen LogP contribution is -2.45. The minimum atomic E-state index is -0.304. The van der Waals surface area contributed by atoms with Crippen LogP contribution in [0, 0.1) is 12.7 Å². The summed E-state index contributed by atoms with van der Waals surface area (Å²) in [7, 11) is 0. The summed E-state index contributed by atoms with van der Waals surface area (Å²) in [5.74, 6) is 0.219. The van der Waals surface area contributed by atoms with Crippen molar-refractivity contribution in [3.8, 4) is 21.7 Å². The molecule has 34 heavy (non-hydrogen) atoms. The zero-order valence-corrected chi connectivity index (χ0v) is 21.0. The van der Waals surface area contributed by atoms with Crippen LogP contribution in [0.5, 0.6) is 0 Å². The summed E-state index contributed by atoms with van der Waals surface area (Å²) >= 11 is 5.02. The highest BCUT2D eigenvalue weighted by molar-refractivity contribution is 9.10. The quantitative estimate of drug-likeness (QED) is 0.276. The van der Waals surface area contributed by atoms with E-state index in [4.69, 9.17) is 9.40 Å². The number of carbonyl (C=O) groups excluding carboxylic acids is 1. The van der Waals surface area contributed by atoms with Crippen molar-refractivity contribution in [2.75, 3.05) is 6.54 Å². The predicted octanol–water partition coefficient (Wildman–Crippen LogP) is 6.91. The van der Waals surface area contributed by atoms with E-state index in [1.54, 1.807) is 18.4 Å². The molecule has 1 atom stereocenters. The molecule has 1 aliphatic rings. The number of thiazole rings is 1. The molecule has 2 aromatic carbocycles. The first-order chi connectivity index (χ1) is 16.5. The molecule has 174 valence electrons. The van der Waals surface area contributed by atoms with Crippen molar-refractivity contribution in [1.29, 1.82) is 0 Å². The summed E-state index contributed by atoms with van der Waals surface area (Å²) in [5, 5.41) is 0.807. The topological polar surface area (TPSA) is 59.2 Å². The maximum Gasteiger partial charge on any atom is 0.274 e. The van der Waals surface area contributed by atoms with E-state index in [1.807, 2.05) is 36.1 Å². The molecule has 1 amide bonds. The monoisotopic (exact) mass is 539 g/mol. The molecule has 2 aromatic heterocycles. The average Bonchev–Trinajstić information content (AvgIpc) is 3.46. The highest BCUT2D eigenvalue weighted by Crippen LogP contribution is 2.33. The van der Waals surface area contributed by atoms with Gasteiger partial charge in [0, 0.05) is 29.0 Å². The fraction of sp³-hybridized carbons (Fsp3) is 0.269. The molecule has 8 heteroatoms. The Morgan fingerprint density at radius 3 is 2.76 bits per heavy atom. The van der Waals surface area contributed by atoms with Crippen molar-refractivity contribution in [3.05, 3.63) is 81.7 Å². The number of halogens is 2. The fourth-order valence-electron chi connectivity index (χ4n) is 4.38. The largest absolute Gasteiger partial charge is 0.448 e. The number of aryl methyl sites for hydroxylation is 1. The highest BCUT2D eigenvalue weighted by atomic mass is 79.9. The van der Waals surface area contributed by atoms with Gasteiger partial charge >= 0.3 is 0 Å². The Morgan fingerprint density at radius 2 is 1.97 bits per heavy atom. The van der Waals surface area contributed by atoms with Gasteiger partial charge in [-0.2, -0.15) is 0 Å². The van der Waals surface area contributed by atoms with Crippen LogP contribution in [-0.2, 0) is 6.42 Å². The minimum absolute atomic E-state index is 0.0185. The Bertz CT molecular complexity index is 1320. The van der Waals surface area contributed by atoms with Crippen LogP contribution >= 0.6 is 27.3 Å². The number of aromatic nitrogens is 2. The van der Waals surface area contributed by atoms with Crippen molar-refractivity contribution in [2.24, 2.45) is 0 Å². The van der Waals surface area contributed by atoms with Gasteiger partial charge in [-0.3, -0.25) is 4.79 Å². The number of likely N-dealkylation sites (tertiary alicyclic amines) is 1. The number of nitrogens with zero attached hydrogens (tertiary/aromatic N) is 3. The van der Waals surface area contributed by atoms with Gasteiger partial charge in [0.2, 0.25) is 0 Å². The first-order valence-electron chi connectivity index (χ1n) is 11.2. The third-order valence-corrected chi connectivity index (χ3v) is 7.75. The second-order valence-corrected chi connectivity index (χ2v) is 10.4. The van der Waals surface area contributed by atoms with Gasteiger partial charge in [-0.15, -0.1) is 11.3 Å². The van der Waals surface area contributed by atoms with Gasteiger partial charge in [0.15, 0.2) is 5.89 Å². The third-order valence-electron chi connectivity index (χ3n) is 6.04. The second-order valence-electron chi connectivity index (χ2n) is 8.38. The normalized spacial score (nSPS) is 16.1.